The zero-order valence-corrected chi connectivity index (χ0v) is 18.9. The molecule has 2 aromatic heterocycles. The molecule has 4 aromatic rings. The molecule has 0 N–H and O–H groups in total. The second kappa shape index (κ2) is 8.53. The van der Waals surface area contributed by atoms with Crippen LogP contribution in [0.3, 0.4) is 0 Å². The monoisotopic (exact) mass is 482 g/mol. The van der Waals surface area contributed by atoms with Gasteiger partial charge in [0.15, 0.2) is 0 Å². The molecule has 1 unspecified atom stereocenters. The Morgan fingerprint density at radius 2 is 1.87 bits per heavy atom. The molecule has 0 bridgehead atoms. The fourth-order valence-corrected chi connectivity index (χ4v) is 4.59. The molecule has 2 aromatic carbocycles. The number of nitrogens with zero attached hydrogens (tertiary/aromatic N) is 2. The molecule has 7 heteroatoms. The molecule has 0 spiro atoms. The highest BCUT2D eigenvalue weighted by Crippen LogP contribution is 2.36. The number of hydrogen-bond acceptors (Lipinski definition) is 5. The van der Waals surface area contributed by atoms with E-state index < -0.39 is 12.0 Å². The third kappa shape index (κ3) is 3.95. The van der Waals surface area contributed by atoms with Crippen molar-refractivity contribution in [3.05, 3.63) is 86.2 Å². The van der Waals surface area contributed by atoms with E-state index in [4.69, 9.17) is 4.74 Å². The fraction of sp³-hybridized carbons (Fsp3) is 0.174. The molecule has 152 valence electrons. The van der Waals surface area contributed by atoms with Crippen LogP contribution in [0.5, 0.6) is 0 Å². The van der Waals surface area contributed by atoms with Gasteiger partial charge in [-0.3, -0.25) is 9.36 Å². The van der Waals surface area contributed by atoms with Crippen molar-refractivity contribution in [2.24, 2.45) is 0 Å². The average molecular weight is 483 g/mol. The Morgan fingerprint density at radius 3 is 2.57 bits per heavy atom. The molecule has 2 heterocycles. The standard InChI is InChI=1S/C23H19BrN2O3S/c1-14(23(28)29-12-16-6-4-3-5-7-16)26-13-25-21-20(22(26)27)19(15(2)30-21)17-8-10-18(24)11-9-17/h3-11,13-14H,12H2,1-2H3. The third-order valence-electron chi connectivity index (χ3n) is 4.93. The molecule has 30 heavy (non-hydrogen) atoms. The molecule has 0 aliphatic carbocycles. The van der Waals surface area contributed by atoms with Crippen LogP contribution in [0.1, 0.15) is 23.4 Å². The molecule has 1 atom stereocenters. The number of rotatable bonds is 5. The summed E-state index contributed by atoms with van der Waals surface area (Å²) in [6.45, 7) is 3.79. The van der Waals surface area contributed by atoms with Crippen molar-refractivity contribution in [3.63, 3.8) is 0 Å². The molecular weight excluding hydrogens is 464 g/mol. The Balaban J connectivity index is 1.69. The Hall–Kier alpha value is -2.77. The van der Waals surface area contributed by atoms with Gasteiger partial charge in [0.2, 0.25) is 0 Å². The number of hydrogen-bond donors (Lipinski definition) is 0. The predicted octanol–water partition coefficient (Wildman–Crippen LogP) is 5.50. The third-order valence-corrected chi connectivity index (χ3v) is 6.47. The van der Waals surface area contributed by atoms with Crippen molar-refractivity contribution in [2.75, 3.05) is 0 Å². The van der Waals surface area contributed by atoms with Gasteiger partial charge in [-0.1, -0.05) is 58.4 Å². The van der Waals surface area contributed by atoms with Crippen molar-refractivity contribution in [1.82, 2.24) is 9.55 Å². The van der Waals surface area contributed by atoms with Gasteiger partial charge in [-0.15, -0.1) is 11.3 Å². The highest BCUT2D eigenvalue weighted by atomic mass is 79.9. The minimum Gasteiger partial charge on any atom is -0.459 e. The van der Waals surface area contributed by atoms with Crippen molar-refractivity contribution in [3.8, 4) is 11.1 Å². The first-order valence-electron chi connectivity index (χ1n) is 9.42. The lowest BCUT2D eigenvalue weighted by atomic mass is 10.0. The second-order valence-electron chi connectivity index (χ2n) is 6.95. The molecule has 0 saturated carbocycles. The van der Waals surface area contributed by atoms with E-state index in [0.717, 1.165) is 26.0 Å². The Labute approximate surface area is 186 Å². The summed E-state index contributed by atoms with van der Waals surface area (Å²) >= 11 is 4.92. The Kier molecular flexibility index (Phi) is 5.83. The molecule has 0 fully saturated rings. The maximum absolute atomic E-state index is 13.3. The zero-order chi connectivity index (χ0) is 21.3. The molecule has 0 aliphatic heterocycles. The van der Waals surface area contributed by atoms with Crippen LogP contribution in [0.4, 0.5) is 0 Å². The smallest absolute Gasteiger partial charge is 0.329 e. The highest BCUT2D eigenvalue weighted by Gasteiger charge is 2.22. The molecule has 0 radical (unpaired) electrons. The summed E-state index contributed by atoms with van der Waals surface area (Å²) in [4.78, 5) is 32.1. The van der Waals surface area contributed by atoms with Crippen LogP contribution in [-0.4, -0.2) is 15.5 Å². The molecule has 0 aliphatic rings. The number of ether oxygens (including phenoxy) is 1. The molecule has 0 amide bonds. The fourth-order valence-electron chi connectivity index (χ4n) is 3.32. The van der Waals surface area contributed by atoms with Crippen LogP contribution in [0, 0.1) is 6.92 Å². The minimum absolute atomic E-state index is 0.163. The SMILES string of the molecule is Cc1sc2ncn(C(C)C(=O)OCc3ccccc3)c(=O)c2c1-c1ccc(Br)cc1. The van der Waals surface area contributed by atoms with Crippen LogP contribution < -0.4 is 5.56 Å². The number of fused-ring (bicyclic) bond motifs is 1. The summed E-state index contributed by atoms with van der Waals surface area (Å²) in [6.07, 6.45) is 1.43. The lowest BCUT2D eigenvalue weighted by Gasteiger charge is -2.14. The highest BCUT2D eigenvalue weighted by molar-refractivity contribution is 9.10. The molecule has 0 saturated heterocycles. The largest absolute Gasteiger partial charge is 0.459 e. The van der Waals surface area contributed by atoms with Gasteiger partial charge in [0.25, 0.3) is 5.56 Å². The van der Waals surface area contributed by atoms with E-state index in [1.807, 2.05) is 61.5 Å². The maximum Gasteiger partial charge on any atom is 0.329 e. The van der Waals surface area contributed by atoms with Gasteiger partial charge in [-0.2, -0.15) is 0 Å². The van der Waals surface area contributed by atoms with E-state index >= 15 is 0 Å². The van der Waals surface area contributed by atoms with Gasteiger partial charge < -0.3 is 4.74 Å². The van der Waals surface area contributed by atoms with Gasteiger partial charge in [0.1, 0.15) is 17.5 Å². The first-order chi connectivity index (χ1) is 14.5. The Morgan fingerprint density at radius 1 is 1.17 bits per heavy atom. The summed E-state index contributed by atoms with van der Waals surface area (Å²) in [7, 11) is 0. The number of aromatic nitrogens is 2. The van der Waals surface area contributed by atoms with Crippen LogP contribution in [0.25, 0.3) is 21.3 Å². The minimum atomic E-state index is -0.781. The number of halogens is 1. The quantitative estimate of drug-likeness (QED) is 0.352. The van der Waals surface area contributed by atoms with Crippen LogP contribution >= 0.6 is 27.3 Å². The van der Waals surface area contributed by atoms with Gasteiger partial charge in [-0.25, -0.2) is 9.78 Å². The molecular formula is C23H19BrN2O3S. The van der Waals surface area contributed by atoms with E-state index in [2.05, 4.69) is 20.9 Å². The summed E-state index contributed by atoms with van der Waals surface area (Å²) in [6, 6.07) is 16.5. The lowest BCUT2D eigenvalue weighted by molar-refractivity contribution is -0.148. The van der Waals surface area contributed by atoms with Crippen molar-refractivity contribution in [2.45, 2.75) is 26.5 Å². The number of thiophene rings is 1. The van der Waals surface area contributed by atoms with Gasteiger partial charge >= 0.3 is 5.97 Å². The zero-order valence-electron chi connectivity index (χ0n) is 16.5. The van der Waals surface area contributed by atoms with E-state index in [1.54, 1.807) is 6.92 Å². The number of benzene rings is 2. The maximum atomic E-state index is 13.3. The lowest BCUT2D eigenvalue weighted by Crippen LogP contribution is -2.29. The first kappa shape index (κ1) is 20.5. The van der Waals surface area contributed by atoms with Crippen LogP contribution in [0.15, 0.2) is 70.2 Å². The Bertz CT molecular complexity index is 1260. The average Bonchev–Trinajstić information content (AvgIpc) is 3.10. The summed E-state index contributed by atoms with van der Waals surface area (Å²) < 4.78 is 7.73. The van der Waals surface area contributed by atoms with Gasteiger partial charge in [-0.05, 0) is 37.1 Å². The summed E-state index contributed by atoms with van der Waals surface area (Å²) in [5.74, 6) is -0.473. The summed E-state index contributed by atoms with van der Waals surface area (Å²) in [5.41, 5.74) is 2.45. The first-order valence-corrected chi connectivity index (χ1v) is 11.0. The van der Waals surface area contributed by atoms with E-state index in [-0.39, 0.29) is 12.2 Å². The topological polar surface area (TPSA) is 61.2 Å². The number of aryl methyl sites for hydroxylation is 1. The van der Waals surface area contributed by atoms with E-state index in [9.17, 15) is 9.59 Å². The summed E-state index contributed by atoms with van der Waals surface area (Å²) in [5, 5.41) is 0.532. The van der Waals surface area contributed by atoms with E-state index in [1.165, 1.54) is 22.2 Å². The number of carbonyl (C=O) groups excluding carboxylic acids is 1. The normalized spacial score (nSPS) is 12.1. The molecule has 5 nitrogen and oxygen atoms in total. The molecule has 4 rings (SSSR count). The number of carbonyl (C=O) groups is 1. The second-order valence-corrected chi connectivity index (χ2v) is 9.07. The van der Waals surface area contributed by atoms with Crippen molar-refractivity contribution in [1.29, 1.82) is 0 Å². The van der Waals surface area contributed by atoms with Crippen LogP contribution in [0.2, 0.25) is 0 Å². The predicted molar refractivity (Wildman–Crippen MR) is 123 cm³/mol. The van der Waals surface area contributed by atoms with Gasteiger partial charge in [0, 0.05) is 14.9 Å². The van der Waals surface area contributed by atoms with Crippen molar-refractivity contribution < 1.29 is 9.53 Å². The van der Waals surface area contributed by atoms with E-state index in [0.29, 0.717) is 10.2 Å². The van der Waals surface area contributed by atoms with Crippen molar-refractivity contribution >= 4 is 43.5 Å². The van der Waals surface area contributed by atoms with Gasteiger partial charge in [0.05, 0.1) is 11.7 Å². The number of esters is 1. The van der Waals surface area contributed by atoms with Crippen LogP contribution in [-0.2, 0) is 16.1 Å².